The highest BCUT2D eigenvalue weighted by Gasteiger charge is 2.03. The van der Waals surface area contributed by atoms with Crippen molar-refractivity contribution in [3.05, 3.63) is 59.7 Å². The van der Waals surface area contributed by atoms with Crippen LogP contribution in [0, 0.1) is 0 Å². The smallest absolute Gasteiger partial charge is 0.240 e. The summed E-state index contributed by atoms with van der Waals surface area (Å²) >= 11 is 0. The molecule has 5 nitrogen and oxygen atoms in total. The molecule has 1 N–H and O–H groups in total. The average molecular weight is 326 g/mol. The van der Waals surface area contributed by atoms with E-state index in [2.05, 4.69) is 22.7 Å². The number of hydrazone groups is 1. The Hall–Kier alpha value is -2.82. The van der Waals surface area contributed by atoms with Crippen molar-refractivity contribution in [1.29, 1.82) is 0 Å². The molecule has 0 aromatic heterocycles. The van der Waals surface area contributed by atoms with Gasteiger partial charge in [-0.3, -0.25) is 4.79 Å². The maximum Gasteiger partial charge on any atom is 0.240 e. The molecular weight excluding hydrogens is 304 g/mol. The third kappa shape index (κ3) is 5.43. The van der Waals surface area contributed by atoms with Crippen LogP contribution >= 0.6 is 0 Å². The Morgan fingerprint density at radius 1 is 1.08 bits per heavy atom. The number of hydrogen-bond acceptors (Lipinski definition) is 4. The maximum absolute atomic E-state index is 11.8. The highest BCUT2D eigenvalue weighted by molar-refractivity contribution is 5.83. The van der Waals surface area contributed by atoms with Crippen molar-refractivity contribution in [3.63, 3.8) is 0 Å². The largest absolute Gasteiger partial charge is 0.493 e. The summed E-state index contributed by atoms with van der Waals surface area (Å²) in [6.45, 7) is 0. The van der Waals surface area contributed by atoms with Gasteiger partial charge in [0.15, 0.2) is 11.5 Å². The van der Waals surface area contributed by atoms with Crippen LogP contribution in [0.4, 0.5) is 0 Å². The Labute approximate surface area is 142 Å². The number of ether oxygens (including phenoxy) is 2. The van der Waals surface area contributed by atoms with Gasteiger partial charge in [-0.2, -0.15) is 5.10 Å². The molecule has 2 aromatic rings. The van der Waals surface area contributed by atoms with Gasteiger partial charge >= 0.3 is 0 Å². The molecule has 0 aliphatic carbocycles. The highest BCUT2D eigenvalue weighted by atomic mass is 16.5. The first-order chi connectivity index (χ1) is 11.7. The number of nitrogens with zero attached hydrogens (tertiary/aromatic N) is 1. The van der Waals surface area contributed by atoms with Crippen molar-refractivity contribution >= 4 is 12.1 Å². The summed E-state index contributed by atoms with van der Waals surface area (Å²) in [6, 6.07) is 15.5. The number of amides is 1. The molecule has 0 spiro atoms. The molecule has 0 atom stereocenters. The molecule has 0 heterocycles. The van der Waals surface area contributed by atoms with Gasteiger partial charge in [0.1, 0.15) is 0 Å². The van der Waals surface area contributed by atoms with E-state index in [4.69, 9.17) is 9.47 Å². The van der Waals surface area contributed by atoms with Crippen molar-refractivity contribution in [2.75, 3.05) is 14.2 Å². The van der Waals surface area contributed by atoms with Crippen LogP contribution in [0.2, 0.25) is 0 Å². The van der Waals surface area contributed by atoms with Gasteiger partial charge in [-0.1, -0.05) is 30.3 Å². The number of rotatable bonds is 8. The Kier molecular flexibility index (Phi) is 6.83. The number of carbonyl (C=O) groups is 1. The minimum absolute atomic E-state index is 0.0948. The minimum atomic E-state index is -0.0948. The summed E-state index contributed by atoms with van der Waals surface area (Å²) in [4.78, 5) is 11.8. The van der Waals surface area contributed by atoms with E-state index in [1.165, 1.54) is 5.56 Å². The average Bonchev–Trinajstić information content (AvgIpc) is 2.62. The van der Waals surface area contributed by atoms with Crippen LogP contribution in [-0.2, 0) is 11.2 Å². The third-order valence-corrected chi connectivity index (χ3v) is 3.52. The van der Waals surface area contributed by atoms with E-state index in [-0.39, 0.29) is 5.91 Å². The van der Waals surface area contributed by atoms with E-state index >= 15 is 0 Å². The van der Waals surface area contributed by atoms with Crippen LogP contribution in [-0.4, -0.2) is 26.3 Å². The fourth-order valence-electron chi connectivity index (χ4n) is 2.27. The van der Waals surface area contributed by atoms with Crippen LogP contribution in [0.3, 0.4) is 0 Å². The lowest BCUT2D eigenvalue weighted by Gasteiger charge is -2.07. The monoisotopic (exact) mass is 326 g/mol. The Bertz CT molecular complexity index is 684. The minimum Gasteiger partial charge on any atom is -0.493 e. The molecule has 0 unspecified atom stereocenters. The number of methoxy groups -OCH3 is 2. The molecule has 0 radical (unpaired) electrons. The number of nitrogens with one attached hydrogen (secondary N) is 1. The second-order valence-electron chi connectivity index (χ2n) is 5.25. The van der Waals surface area contributed by atoms with E-state index in [1.807, 2.05) is 24.3 Å². The summed E-state index contributed by atoms with van der Waals surface area (Å²) in [5, 5.41) is 3.98. The fourth-order valence-corrected chi connectivity index (χ4v) is 2.27. The number of aryl methyl sites for hydroxylation is 1. The zero-order valence-electron chi connectivity index (χ0n) is 14.0. The van der Waals surface area contributed by atoms with Gasteiger partial charge < -0.3 is 9.47 Å². The zero-order chi connectivity index (χ0) is 17.2. The maximum atomic E-state index is 11.8. The quantitative estimate of drug-likeness (QED) is 0.599. The first-order valence-corrected chi connectivity index (χ1v) is 7.81. The van der Waals surface area contributed by atoms with E-state index in [9.17, 15) is 4.79 Å². The third-order valence-electron chi connectivity index (χ3n) is 3.52. The van der Waals surface area contributed by atoms with E-state index < -0.39 is 0 Å². The molecule has 0 aliphatic heterocycles. The summed E-state index contributed by atoms with van der Waals surface area (Å²) in [5.74, 6) is 1.18. The molecule has 24 heavy (non-hydrogen) atoms. The molecule has 126 valence electrons. The van der Waals surface area contributed by atoms with Gasteiger partial charge in [-0.05, 0) is 42.2 Å². The van der Waals surface area contributed by atoms with Crippen LogP contribution in [0.25, 0.3) is 0 Å². The van der Waals surface area contributed by atoms with Gasteiger partial charge in [0.05, 0.1) is 20.4 Å². The molecule has 0 saturated carbocycles. The summed E-state index contributed by atoms with van der Waals surface area (Å²) in [6.07, 6.45) is 3.70. The topological polar surface area (TPSA) is 59.9 Å². The van der Waals surface area contributed by atoms with Crippen molar-refractivity contribution in [2.24, 2.45) is 5.10 Å². The Morgan fingerprint density at radius 3 is 2.54 bits per heavy atom. The molecular formula is C19H22N2O3. The van der Waals surface area contributed by atoms with Crippen molar-refractivity contribution < 1.29 is 14.3 Å². The Balaban J connectivity index is 1.77. The second kappa shape index (κ2) is 9.35. The highest BCUT2D eigenvalue weighted by Crippen LogP contribution is 2.26. The molecule has 5 heteroatoms. The predicted molar refractivity (Wildman–Crippen MR) is 94.7 cm³/mol. The molecule has 0 bridgehead atoms. The van der Waals surface area contributed by atoms with Crippen molar-refractivity contribution in [1.82, 2.24) is 5.43 Å². The zero-order valence-corrected chi connectivity index (χ0v) is 14.0. The van der Waals surface area contributed by atoms with Gasteiger partial charge in [-0.15, -0.1) is 0 Å². The molecule has 0 aliphatic rings. The van der Waals surface area contributed by atoms with E-state index in [1.54, 1.807) is 32.6 Å². The normalized spacial score (nSPS) is 10.6. The summed E-state index contributed by atoms with van der Waals surface area (Å²) < 4.78 is 10.4. The van der Waals surface area contributed by atoms with Crippen LogP contribution < -0.4 is 14.9 Å². The Morgan fingerprint density at radius 2 is 1.83 bits per heavy atom. The predicted octanol–water partition coefficient (Wildman–Crippen LogP) is 3.18. The lowest BCUT2D eigenvalue weighted by Crippen LogP contribution is -2.17. The molecule has 2 rings (SSSR count). The molecule has 2 aromatic carbocycles. The number of benzene rings is 2. The SMILES string of the molecule is COc1ccc(/C=N/NC(=O)CCCc2ccccc2)cc1OC. The van der Waals surface area contributed by atoms with Crippen LogP contribution in [0.15, 0.2) is 53.6 Å². The van der Waals surface area contributed by atoms with Gasteiger partial charge in [-0.25, -0.2) is 5.43 Å². The number of hydrogen-bond donors (Lipinski definition) is 1. The van der Waals surface area contributed by atoms with Crippen LogP contribution in [0.5, 0.6) is 11.5 Å². The van der Waals surface area contributed by atoms with Gasteiger partial charge in [0.25, 0.3) is 0 Å². The number of carbonyl (C=O) groups excluding carboxylic acids is 1. The summed E-state index contributed by atoms with van der Waals surface area (Å²) in [5.41, 5.74) is 4.59. The lowest BCUT2D eigenvalue weighted by atomic mass is 10.1. The molecule has 0 fully saturated rings. The lowest BCUT2D eigenvalue weighted by molar-refractivity contribution is -0.121. The second-order valence-corrected chi connectivity index (χ2v) is 5.25. The first kappa shape index (κ1) is 17.5. The van der Waals surface area contributed by atoms with Crippen LogP contribution in [0.1, 0.15) is 24.0 Å². The first-order valence-electron chi connectivity index (χ1n) is 7.81. The molecule has 1 amide bonds. The van der Waals surface area contributed by atoms with Gasteiger partial charge in [0, 0.05) is 6.42 Å². The van der Waals surface area contributed by atoms with E-state index in [0.29, 0.717) is 17.9 Å². The summed E-state index contributed by atoms with van der Waals surface area (Å²) in [7, 11) is 3.16. The van der Waals surface area contributed by atoms with E-state index in [0.717, 1.165) is 18.4 Å². The van der Waals surface area contributed by atoms with Crippen molar-refractivity contribution in [3.8, 4) is 11.5 Å². The molecule has 0 saturated heterocycles. The van der Waals surface area contributed by atoms with Crippen molar-refractivity contribution in [2.45, 2.75) is 19.3 Å². The standard InChI is InChI=1S/C19H22N2O3/c1-23-17-12-11-16(13-18(17)24-2)14-20-21-19(22)10-6-9-15-7-4-3-5-8-15/h3-5,7-8,11-14H,6,9-10H2,1-2H3,(H,21,22)/b20-14+. The van der Waals surface area contributed by atoms with Gasteiger partial charge in [0.2, 0.25) is 5.91 Å². The fraction of sp³-hybridized carbons (Fsp3) is 0.263.